The molecular weight excluding hydrogens is 892 g/mol. The molecule has 0 unspecified atom stereocenters. The van der Waals surface area contributed by atoms with Crippen LogP contribution >= 0.6 is 11.6 Å². The van der Waals surface area contributed by atoms with Crippen LogP contribution in [-0.4, -0.2) is 67.8 Å². The lowest BCUT2D eigenvalue weighted by Gasteiger charge is -2.24. The Morgan fingerprint density at radius 1 is 1.06 bits per heavy atom. The molecule has 13 nitrogen and oxygen atoms in total. The normalized spacial score (nSPS) is 18.3. The summed E-state index contributed by atoms with van der Waals surface area (Å²) in [6.45, 7) is 0.963. The quantitative estimate of drug-likeness (QED) is 0.0901. The number of fused-ring (bicyclic) bond motifs is 4. The molecule has 23 heteroatoms. The van der Waals surface area contributed by atoms with Crippen LogP contribution in [0.3, 0.4) is 0 Å². The average molecular weight is 927 g/mol. The number of hydrogen-bond acceptors (Lipinski definition) is 8. The first kappa shape index (κ1) is 44.1. The van der Waals surface area contributed by atoms with E-state index in [1.165, 1.54) is 19.2 Å². The molecular formula is C40H35ClF8N8O5S. The number of hydrogen-bond donors (Lipinski definition) is 2. The van der Waals surface area contributed by atoms with Gasteiger partial charge in [0.25, 0.3) is 24.3 Å². The number of alkyl halides is 6. The van der Waals surface area contributed by atoms with Crippen molar-refractivity contribution in [2.24, 2.45) is 5.92 Å². The number of nitrogens with zero attached hydrogens (tertiary/aromatic N) is 6. The number of aromatic nitrogens is 6. The van der Waals surface area contributed by atoms with Crippen molar-refractivity contribution >= 4 is 44.3 Å². The van der Waals surface area contributed by atoms with Gasteiger partial charge in [-0.15, -0.1) is 0 Å². The van der Waals surface area contributed by atoms with Gasteiger partial charge >= 0.3 is 0 Å². The molecule has 0 bridgehead atoms. The third kappa shape index (κ3) is 8.49. The maximum atomic E-state index is 15.5. The molecule has 8 rings (SSSR count). The molecule has 2 N–H and O–H groups in total. The first-order chi connectivity index (χ1) is 29.6. The molecule has 3 heterocycles. The Bertz CT molecular complexity index is 2900. The molecule has 3 atom stereocenters. The van der Waals surface area contributed by atoms with Crippen LogP contribution in [0.2, 0.25) is 5.02 Å². The SMILES string of the molecule is COC(C)(C)C#Cc1cc(=O)n(-c2ccc(Cl)c3c(NS(=O)(=O)C4CC4)nn(CC(F)F)c23)c([C@H](Cc2cc(F)cc(F)c2)NC(=O)Cn2nc(C(F)F)c3c2C(F)(F)[C@@H]2C[C@H]32)n1. The molecule has 0 saturated heterocycles. The monoisotopic (exact) mass is 926 g/mol. The number of carbonyl (C=O) groups excluding carboxylic acids is 1. The van der Waals surface area contributed by atoms with Crippen molar-refractivity contribution in [2.75, 3.05) is 11.8 Å². The summed E-state index contributed by atoms with van der Waals surface area (Å²) in [7, 11) is -2.71. The van der Waals surface area contributed by atoms with E-state index in [0.29, 0.717) is 23.6 Å². The minimum absolute atomic E-state index is 0.0457. The molecule has 2 saturated carbocycles. The van der Waals surface area contributed by atoms with Crippen molar-refractivity contribution in [3.8, 4) is 17.5 Å². The van der Waals surface area contributed by atoms with Gasteiger partial charge in [0.15, 0.2) is 5.82 Å². The summed E-state index contributed by atoms with van der Waals surface area (Å²) in [5.41, 5.74) is -5.18. The lowest BCUT2D eigenvalue weighted by Crippen LogP contribution is -2.38. The summed E-state index contributed by atoms with van der Waals surface area (Å²) in [5, 5.41) is 9.15. The minimum Gasteiger partial charge on any atom is -0.366 e. The molecule has 1 amide bonds. The molecule has 3 aliphatic carbocycles. The summed E-state index contributed by atoms with van der Waals surface area (Å²) in [4.78, 5) is 33.1. The Morgan fingerprint density at radius 2 is 1.76 bits per heavy atom. The van der Waals surface area contributed by atoms with E-state index < -0.39 is 123 Å². The van der Waals surface area contributed by atoms with Crippen molar-refractivity contribution in [2.45, 2.75) is 94.2 Å². The highest BCUT2D eigenvalue weighted by molar-refractivity contribution is 7.93. The van der Waals surface area contributed by atoms with Gasteiger partial charge < -0.3 is 10.1 Å². The number of methoxy groups -OCH3 is 1. The molecule has 334 valence electrons. The van der Waals surface area contributed by atoms with E-state index in [-0.39, 0.29) is 44.9 Å². The molecule has 0 spiro atoms. The minimum atomic E-state index is -4.08. The number of rotatable bonds is 14. The smallest absolute Gasteiger partial charge is 0.293 e. The predicted octanol–water partition coefficient (Wildman–Crippen LogP) is 6.90. The number of anilines is 1. The number of amides is 1. The maximum Gasteiger partial charge on any atom is 0.293 e. The summed E-state index contributed by atoms with van der Waals surface area (Å²) >= 11 is 6.59. The van der Waals surface area contributed by atoms with Crippen molar-refractivity contribution in [3.63, 3.8) is 0 Å². The third-order valence-electron chi connectivity index (χ3n) is 11.0. The fourth-order valence-electron chi connectivity index (χ4n) is 7.80. The van der Waals surface area contributed by atoms with Crippen LogP contribution in [0.25, 0.3) is 16.6 Å². The van der Waals surface area contributed by atoms with Crippen LogP contribution in [0, 0.1) is 29.4 Å². The van der Waals surface area contributed by atoms with Gasteiger partial charge in [0, 0.05) is 37.1 Å². The van der Waals surface area contributed by atoms with E-state index in [1.54, 1.807) is 13.8 Å². The summed E-state index contributed by atoms with van der Waals surface area (Å²) in [6, 6.07) is 4.04. The Kier molecular flexibility index (Phi) is 11.1. The lowest BCUT2D eigenvalue weighted by molar-refractivity contribution is -0.123. The zero-order chi connectivity index (χ0) is 45.5. The van der Waals surface area contributed by atoms with Gasteiger partial charge in [0.05, 0.1) is 32.9 Å². The molecule has 5 aromatic rings. The number of nitrogens with one attached hydrogen (secondary N) is 2. The Morgan fingerprint density at radius 3 is 2.40 bits per heavy atom. The molecule has 0 radical (unpaired) electrons. The maximum absolute atomic E-state index is 15.5. The molecule has 2 aromatic carbocycles. The third-order valence-corrected chi connectivity index (χ3v) is 13.1. The molecule has 2 fully saturated rings. The standard InChI is InChI=1S/C40H35ClF8N8O5S/c1-39(2,62-3)9-8-21-14-30(59)57(27-7-6-25(41)32-34(27)55(16-28(44)45)53-37(32)54-63(60,61)22-4-5-22)38(50-21)26(12-18-10-19(42)13-20(43)11-18)51-29(58)17-56-35-31(33(52-56)36(46)47)23-15-24(23)40(35,48)49/h6-7,10-11,13-14,22-24,26,28,36H,4-5,12,15-17H2,1-3H3,(H,51,58)(H,53,54)/t23-,24+,26-/m0/s1. The second-order valence-electron chi connectivity index (χ2n) is 16.0. The summed E-state index contributed by atoms with van der Waals surface area (Å²) in [6.07, 6.45) is -6.33. The van der Waals surface area contributed by atoms with Crippen molar-refractivity contribution in [1.82, 2.24) is 34.4 Å². The molecule has 0 aliphatic heterocycles. The highest BCUT2D eigenvalue weighted by Gasteiger charge is 2.67. The van der Waals surface area contributed by atoms with E-state index in [0.717, 1.165) is 27.4 Å². The molecule has 3 aliphatic rings. The van der Waals surface area contributed by atoms with Crippen LogP contribution < -0.4 is 15.6 Å². The first-order valence-corrected chi connectivity index (χ1v) is 21.2. The fraction of sp³-hybridized carbons (Fsp3) is 0.425. The van der Waals surface area contributed by atoms with Crippen molar-refractivity contribution < 1.29 is 53.1 Å². The van der Waals surface area contributed by atoms with E-state index in [1.807, 2.05) is 0 Å². The molecule has 3 aromatic heterocycles. The number of sulfonamides is 1. The zero-order valence-corrected chi connectivity index (χ0v) is 34.8. The highest BCUT2D eigenvalue weighted by atomic mass is 35.5. The number of carbonyl (C=O) groups is 1. The number of halogens is 9. The van der Waals surface area contributed by atoms with Gasteiger partial charge in [0.1, 0.15) is 53.2 Å². The van der Waals surface area contributed by atoms with Crippen LogP contribution in [-0.2, 0) is 45.0 Å². The Hall–Kier alpha value is -5.53. The number of ether oxygens (including phenoxy) is 1. The highest BCUT2D eigenvalue weighted by Crippen LogP contribution is 2.68. The Labute approximate surface area is 357 Å². The van der Waals surface area contributed by atoms with Gasteiger partial charge in [-0.3, -0.25) is 28.2 Å². The van der Waals surface area contributed by atoms with Crippen LogP contribution in [0.15, 0.2) is 41.2 Å². The van der Waals surface area contributed by atoms with E-state index >= 15 is 8.78 Å². The second-order valence-corrected chi connectivity index (χ2v) is 18.3. The largest absolute Gasteiger partial charge is 0.366 e. The van der Waals surface area contributed by atoms with Crippen LogP contribution in [0.4, 0.5) is 40.9 Å². The summed E-state index contributed by atoms with van der Waals surface area (Å²) in [5.74, 6) is -4.42. The van der Waals surface area contributed by atoms with Gasteiger partial charge in [0.2, 0.25) is 15.9 Å². The second kappa shape index (κ2) is 15.9. The van der Waals surface area contributed by atoms with E-state index in [4.69, 9.17) is 16.3 Å². The van der Waals surface area contributed by atoms with Crippen molar-refractivity contribution in [3.05, 3.63) is 97.4 Å². The lowest BCUT2D eigenvalue weighted by atomic mass is 10.0. The fourth-order valence-corrected chi connectivity index (χ4v) is 9.38. The van der Waals surface area contributed by atoms with Gasteiger partial charge in [-0.05, 0) is 74.8 Å². The van der Waals surface area contributed by atoms with Crippen molar-refractivity contribution in [1.29, 1.82) is 0 Å². The van der Waals surface area contributed by atoms with Gasteiger partial charge in [-0.2, -0.15) is 19.0 Å². The molecule has 63 heavy (non-hydrogen) atoms. The first-order valence-electron chi connectivity index (χ1n) is 19.3. The topological polar surface area (TPSA) is 155 Å². The zero-order valence-electron chi connectivity index (χ0n) is 33.2. The van der Waals surface area contributed by atoms with Crippen LogP contribution in [0.1, 0.15) is 85.5 Å². The summed E-state index contributed by atoms with van der Waals surface area (Å²) < 4.78 is 153. The predicted molar refractivity (Wildman–Crippen MR) is 211 cm³/mol. The van der Waals surface area contributed by atoms with Crippen LogP contribution in [0.5, 0.6) is 0 Å². The van der Waals surface area contributed by atoms with E-state index in [9.17, 15) is 44.3 Å². The average Bonchev–Trinajstić information content (AvgIpc) is 4.11. The Balaban J connectivity index is 1.33. The van der Waals surface area contributed by atoms with E-state index in [2.05, 4.69) is 37.1 Å². The number of benzene rings is 2. The van der Waals surface area contributed by atoms with Gasteiger partial charge in [-0.1, -0.05) is 17.5 Å². The van der Waals surface area contributed by atoms with Gasteiger partial charge in [-0.25, -0.2) is 39.7 Å².